The molecule has 20 heavy (non-hydrogen) atoms. The number of para-hydroxylation sites is 1. The zero-order valence-electron chi connectivity index (χ0n) is 13.1. The van der Waals surface area contributed by atoms with Gasteiger partial charge in [-0.1, -0.05) is 39.0 Å². The minimum atomic E-state index is 0.336. The van der Waals surface area contributed by atoms with E-state index in [2.05, 4.69) is 57.4 Å². The largest absolute Gasteiger partial charge is 0.493 e. The average Bonchev–Trinajstić information content (AvgIpc) is 2.42. The molecule has 2 unspecified atom stereocenters. The van der Waals surface area contributed by atoms with Gasteiger partial charge in [0, 0.05) is 16.5 Å². The Balaban J connectivity index is 1.98. The molecule has 0 fully saturated rings. The van der Waals surface area contributed by atoms with Gasteiger partial charge in [-0.05, 0) is 37.4 Å². The van der Waals surface area contributed by atoms with E-state index in [1.165, 1.54) is 17.7 Å². The van der Waals surface area contributed by atoms with Gasteiger partial charge in [0.2, 0.25) is 0 Å². The van der Waals surface area contributed by atoms with Crippen LogP contribution in [0, 0.1) is 0 Å². The Bertz CT molecular complexity index is 427. The fourth-order valence-corrected chi connectivity index (χ4v) is 3.63. The molecule has 1 N–H and O–H groups in total. The first-order valence-electron chi connectivity index (χ1n) is 7.52. The lowest BCUT2D eigenvalue weighted by molar-refractivity contribution is 0.258. The summed E-state index contributed by atoms with van der Waals surface area (Å²) >= 11 is 2.04. The summed E-state index contributed by atoms with van der Waals surface area (Å²) in [6.45, 7) is 7.71. The molecule has 1 aromatic carbocycles. The number of fused-ring (bicyclic) bond motifs is 1. The molecule has 0 bridgehead atoms. The van der Waals surface area contributed by atoms with Crippen LogP contribution < -0.4 is 10.1 Å². The molecular weight excluding hydrogens is 266 g/mol. The summed E-state index contributed by atoms with van der Waals surface area (Å²) in [4.78, 5) is 0. The predicted octanol–water partition coefficient (Wildman–Crippen LogP) is 4.06. The van der Waals surface area contributed by atoms with Crippen LogP contribution in [-0.2, 0) is 0 Å². The van der Waals surface area contributed by atoms with Crippen molar-refractivity contribution < 1.29 is 4.74 Å². The summed E-state index contributed by atoms with van der Waals surface area (Å²) in [5, 5.41) is 3.49. The number of hydrogen-bond acceptors (Lipinski definition) is 3. The van der Waals surface area contributed by atoms with Crippen LogP contribution >= 0.6 is 11.8 Å². The normalized spacial score (nSPS) is 20.1. The van der Waals surface area contributed by atoms with Crippen LogP contribution in [0.2, 0.25) is 0 Å². The van der Waals surface area contributed by atoms with E-state index in [1.54, 1.807) is 0 Å². The van der Waals surface area contributed by atoms with Crippen LogP contribution in [0.1, 0.15) is 45.1 Å². The minimum absolute atomic E-state index is 0.336. The van der Waals surface area contributed by atoms with Crippen molar-refractivity contribution in [1.82, 2.24) is 5.32 Å². The first-order valence-corrected chi connectivity index (χ1v) is 8.51. The van der Waals surface area contributed by atoms with Gasteiger partial charge in [0.25, 0.3) is 0 Å². The van der Waals surface area contributed by atoms with Crippen molar-refractivity contribution in [2.75, 3.05) is 19.4 Å². The second kappa shape index (κ2) is 6.86. The molecule has 0 radical (unpaired) electrons. The number of hydrogen-bond donors (Lipinski definition) is 1. The van der Waals surface area contributed by atoms with E-state index in [-0.39, 0.29) is 0 Å². The van der Waals surface area contributed by atoms with E-state index in [9.17, 15) is 0 Å². The molecule has 0 saturated carbocycles. The summed E-state index contributed by atoms with van der Waals surface area (Å²) in [7, 11) is 2.08. The standard InChI is InChI=1S/C17H27NOS/c1-17(2,3)20-12-14(18-4)11-13-9-10-19-16-8-6-5-7-15(13)16/h5-8,13-14,18H,9-12H2,1-4H3. The maximum absolute atomic E-state index is 5.76. The van der Waals surface area contributed by atoms with E-state index in [4.69, 9.17) is 4.74 Å². The number of benzene rings is 1. The topological polar surface area (TPSA) is 21.3 Å². The molecule has 3 heteroatoms. The summed E-state index contributed by atoms with van der Waals surface area (Å²) in [6, 6.07) is 9.07. The number of nitrogens with one attached hydrogen (secondary N) is 1. The van der Waals surface area contributed by atoms with Gasteiger partial charge in [-0.3, -0.25) is 0 Å². The Kier molecular flexibility index (Phi) is 5.39. The lowest BCUT2D eigenvalue weighted by Crippen LogP contribution is -2.32. The molecule has 2 rings (SSSR count). The molecule has 1 aliphatic heterocycles. The van der Waals surface area contributed by atoms with Crippen molar-refractivity contribution in [1.29, 1.82) is 0 Å². The quantitative estimate of drug-likeness (QED) is 0.884. The van der Waals surface area contributed by atoms with Gasteiger partial charge in [-0.25, -0.2) is 0 Å². The van der Waals surface area contributed by atoms with E-state index >= 15 is 0 Å². The fourth-order valence-electron chi connectivity index (χ4n) is 2.62. The van der Waals surface area contributed by atoms with Gasteiger partial charge in [0.1, 0.15) is 5.75 Å². The van der Waals surface area contributed by atoms with Gasteiger partial charge in [0.05, 0.1) is 6.61 Å². The molecule has 2 nitrogen and oxygen atoms in total. The number of thioether (sulfide) groups is 1. The maximum Gasteiger partial charge on any atom is 0.122 e. The van der Waals surface area contributed by atoms with Crippen LogP contribution in [-0.4, -0.2) is 30.2 Å². The monoisotopic (exact) mass is 293 g/mol. The lowest BCUT2D eigenvalue weighted by Gasteiger charge is -2.30. The highest BCUT2D eigenvalue weighted by Gasteiger charge is 2.24. The van der Waals surface area contributed by atoms with Crippen LogP contribution in [0.3, 0.4) is 0 Å². The summed E-state index contributed by atoms with van der Waals surface area (Å²) in [5.41, 5.74) is 1.39. The van der Waals surface area contributed by atoms with E-state index in [0.29, 0.717) is 16.7 Å². The van der Waals surface area contributed by atoms with Crippen LogP contribution in [0.25, 0.3) is 0 Å². The highest BCUT2D eigenvalue weighted by molar-refractivity contribution is 8.00. The highest BCUT2D eigenvalue weighted by atomic mass is 32.2. The van der Waals surface area contributed by atoms with Gasteiger partial charge in [0.15, 0.2) is 0 Å². The molecule has 0 spiro atoms. The molecule has 0 aliphatic carbocycles. The lowest BCUT2D eigenvalue weighted by atomic mass is 9.88. The zero-order valence-corrected chi connectivity index (χ0v) is 13.9. The first-order chi connectivity index (χ1) is 9.49. The second-order valence-electron chi connectivity index (χ2n) is 6.52. The van der Waals surface area contributed by atoms with Gasteiger partial charge in [-0.2, -0.15) is 11.8 Å². The van der Waals surface area contributed by atoms with Crippen molar-refractivity contribution in [3.05, 3.63) is 29.8 Å². The van der Waals surface area contributed by atoms with Crippen LogP contribution in [0.15, 0.2) is 24.3 Å². The predicted molar refractivity (Wildman–Crippen MR) is 89.0 cm³/mol. The van der Waals surface area contributed by atoms with E-state index in [0.717, 1.165) is 18.8 Å². The molecule has 0 aromatic heterocycles. The number of ether oxygens (including phenoxy) is 1. The van der Waals surface area contributed by atoms with E-state index in [1.807, 2.05) is 11.8 Å². The molecule has 1 heterocycles. The first kappa shape index (κ1) is 15.7. The molecule has 1 aromatic rings. The van der Waals surface area contributed by atoms with E-state index < -0.39 is 0 Å². The van der Waals surface area contributed by atoms with Crippen molar-refractivity contribution in [2.24, 2.45) is 0 Å². The van der Waals surface area contributed by atoms with Crippen molar-refractivity contribution in [3.63, 3.8) is 0 Å². The average molecular weight is 293 g/mol. The van der Waals surface area contributed by atoms with Crippen molar-refractivity contribution >= 4 is 11.8 Å². The Morgan fingerprint density at radius 1 is 1.35 bits per heavy atom. The number of rotatable bonds is 5. The molecule has 0 amide bonds. The van der Waals surface area contributed by atoms with Crippen LogP contribution in [0.4, 0.5) is 0 Å². The zero-order chi connectivity index (χ0) is 14.6. The Hall–Kier alpha value is -0.670. The molecule has 2 atom stereocenters. The van der Waals surface area contributed by atoms with Gasteiger partial charge >= 0.3 is 0 Å². The maximum atomic E-state index is 5.76. The second-order valence-corrected chi connectivity index (χ2v) is 8.36. The molecule has 1 aliphatic rings. The highest BCUT2D eigenvalue weighted by Crippen LogP contribution is 2.37. The molecular formula is C17H27NOS. The SMILES string of the molecule is CNC(CSC(C)(C)C)CC1CCOc2ccccc21. The molecule has 112 valence electrons. The van der Waals surface area contributed by atoms with Gasteiger partial charge < -0.3 is 10.1 Å². The molecule has 0 saturated heterocycles. The Labute approximate surface area is 127 Å². The minimum Gasteiger partial charge on any atom is -0.493 e. The summed E-state index contributed by atoms with van der Waals surface area (Å²) in [6.07, 6.45) is 2.33. The van der Waals surface area contributed by atoms with Gasteiger partial charge in [-0.15, -0.1) is 0 Å². The van der Waals surface area contributed by atoms with Crippen molar-refractivity contribution in [2.45, 2.75) is 50.3 Å². The van der Waals surface area contributed by atoms with Crippen LogP contribution in [0.5, 0.6) is 5.75 Å². The Morgan fingerprint density at radius 2 is 2.10 bits per heavy atom. The fraction of sp³-hybridized carbons (Fsp3) is 0.647. The Morgan fingerprint density at radius 3 is 2.80 bits per heavy atom. The smallest absolute Gasteiger partial charge is 0.122 e. The third kappa shape index (κ3) is 4.42. The summed E-state index contributed by atoms with van der Waals surface area (Å²) < 4.78 is 6.09. The summed E-state index contributed by atoms with van der Waals surface area (Å²) in [5.74, 6) is 2.87. The third-order valence-electron chi connectivity index (χ3n) is 3.78. The third-order valence-corrected chi connectivity index (χ3v) is 5.21. The van der Waals surface area contributed by atoms with Crippen molar-refractivity contribution in [3.8, 4) is 5.75 Å².